The molecule has 1 aliphatic carbocycles. The minimum Gasteiger partial charge on any atom is -0.444 e. The summed E-state index contributed by atoms with van der Waals surface area (Å²) in [5, 5.41) is 17.4. The summed E-state index contributed by atoms with van der Waals surface area (Å²) < 4.78 is 17.1. The smallest absolute Gasteiger partial charge is 0.410 e. The van der Waals surface area contributed by atoms with E-state index in [0.717, 1.165) is 32.1 Å². The number of piperidine rings is 1. The van der Waals surface area contributed by atoms with Crippen LogP contribution < -0.4 is 10.6 Å². The largest absolute Gasteiger partial charge is 0.444 e. The molecule has 3 aliphatic rings. The highest BCUT2D eigenvalue weighted by molar-refractivity contribution is 5.89. The molecule has 2 aliphatic heterocycles. The molecule has 5 atom stereocenters. The van der Waals surface area contributed by atoms with Crippen LogP contribution in [0.4, 0.5) is 9.59 Å². The molecule has 5 rings (SSSR count). The number of hydrogen-bond donors (Lipinski definition) is 3. The van der Waals surface area contributed by atoms with E-state index in [-0.39, 0.29) is 30.7 Å². The summed E-state index contributed by atoms with van der Waals surface area (Å²) in [6, 6.07) is 5.49. The fourth-order valence-corrected chi connectivity index (χ4v) is 7.63. The maximum atomic E-state index is 14.2. The van der Waals surface area contributed by atoms with E-state index in [0.29, 0.717) is 55.9 Å². The highest BCUT2D eigenvalue weighted by Crippen LogP contribution is 2.32. The van der Waals surface area contributed by atoms with Gasteiger partial charge in [0.15, 0.2) is 11.7 Å². The highest BCUT2D eigenvalue weighted by Gasteiger charge is 2.44. The Hall–Kier alpha value is -3.87. The molecule has 52 heavy (non-hydrogen) atoms. The van der Waals surface area contributed by atoms with Crippen molar-refractivity contribution in [2.45, 2.75) is 141 Å². The number of unbranched alkanes of at least 4 members (excludes halogenated alkanes) is 1. The molecule has 1 saturated carbocycles. The van der Waals surface area contributed by atoms with Gasteiger partial charge in [-0.15, -0.1) is 0 Å². The number of ether oxygens (including phenoxy) is 2. The normalized spacial score (nSPS) is 21.5. The lowest BCUT2D eigenvalue weighted by atomic mass is 9.94. The van der Waals surface area contributed by atoms with Gasteiger partial charge in [0.25, 0.3) is 0 Å². The van der Waals surface area contributed by atoms with Gasteiger partial charge in [-0.1, -0.05) is 44.7 Å². The number of benzene rings is 1. The van der Waals surface area contributed by atoms with Gasteiger partial charge in [-0.3, -0.25) is 9.59 Å². The average molecular weight is 726 g/mol. The molecule has 2 saturated heterocycles. The van der Waals surface area contributed by atoms with E-state index in [1.165, 1.54) is 25.7 Å². The fourth-order valence-electron chi connectivity index (χ4n) is 7.63. The molecule has 0 radical (unpaired) electrons. The Morgan fingerprint density at radius 3 is 2.46 bits per heavy atom. The lowest BCUT2D eigenvalue weighted by Gasteiger charge is -2.29. The zero-order valence-corrected chi connectivity index (χ0v) is 31.4. The van der Waals surface area contributed by atoms with Crippen molar-refractivity contribution in [3.63, 3.8) is 0 Å². The molecule has 0 spiro atoms. The van der Waals surface area contributed by atoms with Crippen LogP contribution in [0.25, 0.3) is 11.1 Å². The van der Waals surface area contributed by atoms with Crippen LogP contribution in [-0.2, 0) is 19.1 Å². The minimum atomic E-state index is -1.28. The number of aliphatic hydroxyl groups is 1. The summed E-state index contributed by atoms with van der Waals surface area (Å²) >= 11 is 0. The Labute approximate surface area is 307 Å². The van der Waals surface area contributed by atoms with Gasteiger partial charge in [-0.05, 0) is 90.2 Å². The number of fused-ring (bicyclic) bond motifs is 1. The first kappa shape index (κ1) is 39.3. The number of aliphatic hydroxyl groups excluding tert-OH is 1. The van der Waals surface area contributed by atoms with Gasteiger partial charge in [0.1, 0.15) is 23.3 Å². The SMILES string of the molecule is C[C@H](CCC1CCCC1)C(=O)N1C[C@H](OC(=O)N2CCCCC2)C[C@H]1C(=O)N[C@@H](CCCCNC(=O)OC(C)(C)C)C(O)c1nc2ccccc2o1. The highest BCUT2D eigenvalue weighted by atomic mass is 16.6. The van der Waals surface area contributed by atoms with E-state index in [1.54, 1.807) is 42.7 Å². The fraction of sp³-hybridized carbons (Fsp3) is 0.718. The van der Waals surface area contributed by atoms with Gasteiger partial charge in [0.2, 0.25) is 17.7 Å². The Bertz CT molecular complexity index is 1460. The number of nitrogens with one attached hydrogen (secondary N) is 2. The second kappa shape index (κ2) is 18.3. The topological polar surface area (TPSA) is 164 Å². The number of nitrogens with zero attached hydrogens (tertiary/aromatic N) is 3. The zero-order valence-electron chi connectivity index (χ0n) is 31.4. The van der Waals surface area contributed by atoms with Crippen LogP contribution in [0, 0.1) is 11.8 Å². The van der Waals surface area contributed by atoms with E-state index in [4.69, 9.17) is 13.9 Å². The molecule has 4 amide bonds. The van der Waals surface area contributed by atoms with Crippen molar-refractivity contribution in [3.05, 3.63) is 30.2 Å². The first-order chi connectivity index (χ1) is 24.9. The van der Waals surface area contributed by atoms with E-state index in [2.05, 4.69) is 15.6 Å². The molecular weight excluding hydrogens is 666 g/mol. The second-order valence-electron chi connectivity index (χ2n) is 15.9. The third kappa shape index (κ3) is 11.1. The van der Waals surface area contributed by atoms with Crippen LogP contribution in [0.3, 0.4) is 0 Å². The Kier molecular flexibility index (Phi) is 13.8. The quantitative estimate of drug-likeness (QED) is 0.191. The Balaban J connectivity index is 1.28. The first-order valence-electron chi connectivity index (χ1n) is 19.4. The number of aromatic nitrogens is 1. The zero-order chi connectivity index (χ0) is 37.3. The van der Waals surface area contributed by atoms with Crippen LogP contribution in [0.5, 0.6) is 0 Å². The molecule has 1 unspecified atom stereocenters. The number of carbonyl (C=O) groups excluding carboxylic acids is 4. The molecule has 13 heteroatoms. The van der Waals surface area contributed by atoms with Gasteiger partial charge in [0.05, 0.1) is 12.6 Å². The summed E-state index contributed by atoms with van der Waals surface area (Å²) in [7, 11) is 0. The van der Waals surface area contributed by atoms with Crippen LogP contribution in [-0.4, -0.2) is 93.9 Å². The third-order valence-corrected chi connectivity index (χ3v) is 10.5. The molecule has 0 bridgehead atoms. The maximum Gasteiger partial charge on any atom is 0.410 e. The van der Waals surface area contributed by atoms with Gasteiger partial charge in [-0.2, -0.15) is 0 Å². The number of hydrogen-bond acceptors (Lipinski definition) is 9. The number of alkyl carbamates (subject to hydrolysis) is 1. The molecular formula is C39H59N5O8. The number of amides is 4. The van der Waals surface area contributed by atoms with Crippen LogP contribution in [0.2, 0.25) is 0 Å². The van der Waals surface area contributed by atoms with Crippen molar-refractivity contribution in [1.29, 1.82) is 0 Å². The number of para-hydroxylation sites is 2. The van der Waals surface area contributed by atoms with Crippen molar-refractivity contribution in [3.8, 4) is 0 Å². The van der Waals surface area contributed by atoms with Crippen molar-refractivity contribution in [2.24, 2.45) is 11.8 Å². The number of carbonyl (C=O) groups is 4. The average Bonchev–Trinajstić information content (AvgIpc) is 3.89. The van der Waals surface area contributed by atoms with Crippen molar-refractivity contribution >= 4 is 35.1 Å². The number of rotatable bonds is 14. The summed E-state index contributed by atoms with van der Waals surface area (Å²) in [5.41, 5.74) is 0.485. The molecule has 288 valence electrons. The number of oxazole rings is 1. The Morgan fingerprint density at radius 2 is 1.75 bits per heavy atom. The van der Waals surface area contributed by atoms with E-state index < -0.39 is 48.0 Å². The molecule has 3 N–H and O–H groups in total. The van der Waals surface area contributed by atoms with Gasteiger partial charge in [0, 0.05) is 32.0 Å². The summed E-state index contributed by atoms with van der Waals surface area (Å²) in [5.74, 6) is -0.129. The molecule has 2 aromatic rings. The number of likely N-dealkylation sites (tertiary alicyclic amines) is 2. The standard InChI is InChI=1S/C39H59N5O8/c1-26(19-20-27-14-6-7-15-27)36(47)44-25-28(50-38(49)43-22-12-5-13-23-43)24-31(44)34(46)41-30(17-10-11-21-40-37(48)52-39(2,3)4)33(45)35-42-29-16-8-9-18-32(29)51-35/h8-9,16,18,26-28,30-31,33,45H,5-7,10-15,17,19-25H2,1-4H3,(H,40,48)(H,41,46)/t26-,28-,30+,31+,33?/m1/s1. The van der Waals surface area contributed by atoms with E-state index in [1.807, 2.05) is 19.1 Å². The van der Waals surface area contributed by atoms with Gasteiger partial charge in [-0.25, -0.2) is 14.6 Å². The maximum absolute atomic E-state index is 14.2. The van der Waals surface area contributed by atoms with Crippen molar-refractivity contribution in [2.75, 3.05) is 26.2 Å². The predicted octanol–water partition coefficient (Wildman–Crippen LogP) is 6.24. The van der Waals surface area contributed by atoms with Crippen LogP contribution >= 0.6 is 0 Å². The van der Waals surface area contributed by atoms with Gasteiger partial charge >= 0.3 is 12.2 Å². The minimum absolute atomic E-state index is 0.0756. The molecule has 3 heterocycles. The van der Waals surface area contributed by atoms with E-state index >= 15 is 0 Å². The van der Waals surface area contributed by atoms with Crippen LogP contribution in [0.1, 0.15) is 123 Å². The summed E-state index contributed by atoms with van der Waals surface area (Å²) in [6.07, 6.45) is 8.30. The van der Waals surface area contributed by atoms with Crippen molar-refractivity contribution < 1.29 is 38.2 Å². The van der Waals surface area contributed by atoms with Gasteiger partial charge < -0.3 is 39.4 Å². The monoisotopic (exact) mass is 725 g/mol. The van der Waals surface area contributed by atoms with Crippen molar-refractivity contribution in [1.82, 2.24) is 25.4 Å². The predicted molar refractivity (Wildman–Crippen MR) is 195 cm³/mol. The lowest BCUT2D eigenvalue weighted by molar-refractivity contribution is -0.142. The van der Waals surface area contributed by atoms with Crippen LogP contribution in [0.15, 0.2) is 28.7 Å². The molecule has 13 nitrogen and oxygen atoms in total. The molecule has 3 fully saturated rings. The molecule has 1 aromatic carbocycles. The second-order valence-corrected chi connectivity index (χ2v) is 15.9. The Morgan fingerprint density at radius 1 is 1.02 bits per heavy atom. The summed E-state index contributed by atoms with van der Waals surface area (Å²) in [4.78, 5) is 61.2. The summed E-state index contributed by atoms with van der Waals surface area (Å²) in [6.45, 7) is 9.07. The van der Waals surface area contributed by atoms with E-state index in [9.17, 15) is 24.3 Å². The molecule has 1 aromatic heterocycles. The lowest BCUT2D eigenvalue weighted by Crippen LogP contribution is -2.51. The first-order valence-corrected chi connectivity index (χ1v) is 19.4. The third-order valence-electron chi connectivity index (χ3n) is 10.5.